The molecule has 0 saturated carbocycles. The summed E-state index contributed by atoms with van der Waals surface area (Å²) in [6.45, 7) is 7.83. The number of carbonyl (C=O) groups excluding carboxylic acids is 2. The van der Waals surface area contributed by atoms with Crippen LogP contribution in [-0.4, -0.2) is 53.5 Å². The number of carbonyl (C=O) groups is 2. The van der Waals surface area contributed by atoms with Crippen LogP contribution in [-0.2, 0) is 6.54 Å². The van der Waals surface area contributed by atoms with E-state index in [1.807, 2.05) is 26.0 Å². The van der Waals surface area contributed by atoms with E-state index >= 15 is 0 Å². The van der Waals surface area contributed by atoms with Crippen LogP contribution in [0.2, 0.25) is 0 Å². The molecule has 6 heteroatoms. The van der Waals surface area contributed by atoms with E-state index in [-0.39, 0.29) is 18.0 Å². The summed E-state index contributed by atoms with van der Waals surface area (Å²) >= 11 is 0. The Labute approximate surface area is 174 Å². The number of likely N-dealkylation sites (tertiary alicyclic amines) is 2. The van der Waals surface area contributed by atoms with Crippen LogP contribution < -0.4 is 11.1 Å². The van der Waals surface area contributed by atoms with Crippen LogP contribution >= 0.6 is 0 Å². The first-order valence-electron chi connectivity index (χ1n) is 11.1. The van der Waals surface area contributed by atoms with Gasteiger partial charge in [0.25, 0.3) is 0 Å². The molecule has 0 aromatic heterocycles. The van der Waals surface area contributed by atoms with E-state index in [1.165, 1.54) is 12.8 Å². The summed E-state index contributed by atoms with van der Waals surface area (Å²) in [4.78, 5) is 28.8. The third kappa shape index (κ3) is 5.95. The summed E-state index contributed by atoms with van der Waals surface area (Å²) in [7, 11) is 0. The number of primary amides is 1. The Morgan fingerprint density at radius 2 is 1.86 bits per heavy atom. The van der Waals surface area contributed by atoms with Gasteiger partial charge >= 0.3 is 6.03 Å². The predicted octanol–water partition coefficient (Wildman–Crippen LogP) is 3.36. The Balaban J connectivity index is 1.58. The Morgan fingerprint density at radius 1 is 1.10 bits per heavy atom. The molecule has 2 aliphatic rings. The number of hydrogen-bond donors (Lipinski definition) is 2. The number of nitrogens with two attached hydrogens (primary N) is 1. The standard InChI is InChI=1S/C23H36N4O2/c1-17(2)25-23(29)27-12-5-3-4-9-21(27)19-10-13-26(14-11-19)16-18-7-6-8-20(15-18)22(24)28/h6-8,15,17,19,21H,3-5,9-14,16H2,1-2H3,(H2,24,28)(H,25,29)/t21-/m1/s1. The van der Waals surface area contributed by atoms with Crippen molar-refractivity contribution in [1.82, 2.24) is 15.1 Å². The number of urea groups is 1. The van der Waals surface area contributed by atoms with Crippen LogP contribution in [0.4, 0.5) is 4.79 Å². The molecule has 3 rings (SSSR count). The second-order valence-corrected chi connectivity index (χ2v) is 8.89. The fourth-order valence-corrected chi connectivity index (χ4v) is 4.78. The van der Waals surface area contributed by atoms with Gasteiger partial charge < -0.3 is 16.0 Å². The van der Waals surface area contributed by atoms with E-state index in [1.54, 1.807) is 6.07 Å². The lowest BCUT2D eigenvalue weighted by atomic mass is 9.86. The number of piperidine rings is 1. The van der Waals surface area contributed by atoms with Crippen molar-refractivity contribution in [1.29, 1.82) is 0 Å². The van der Waals surface area contributed by atoms with E-state index in [4.69, 9.17) is 5.73 Å². The molecule has 1 aromatic rings. The molecule has 0 radical (unpaired) electrons. The first kappa shape index (κ1) is 21.6. The number of nitrogens with zero attached hydrogens (tertiary/aromatic N) is 2. The van der Waals surface area contributed by atoms with Gasteiger partial charge in [-0.3, -0.25) is 9.69 Å². The number of rotatable bonds is 5. The zero-order chi connectivity index (χ0) is 20.8. The minimum Gasteiger partial charge on any atom is -0.366 e. The number of hydrogen-bond acceptors (Lipinski definition) is 3. The molecule has 3 N–H and O–H groups in total. The van der Waals surface area contributed by atoms with Gasteiger partial charge in [0.05, 0.1) is 0 Å². The lowest BCUT2D eigenvalue weighted by Crippen LogP contribution is -2.52. The summed E-state index contributed by atoms with van der Waals surface area (Å²) in [5.74, 6) is 0.193. The molecule has 1 atom stereocenters. The van der Waals surface area contributed by atoms with Crippen LogP contribution in [0.5, 0.6) is 0 Å². The van der Waals surface area contributed by atoms with Crippen LogP contribution in [0.15, 0.2) is 24.3 Å². The maximum Gasteiger partial charge on any atom is 0.317 e. The third-order valence-corrected chi connectivity index (χ3v) is 6.27. The largest absolute Gasteiger partial charge is 0.366 e. The summed E-state index contributed by atoms with van der Waals surface area (Å²) in [5.41, 5.74) is 7.11. The summed E-state index contributed by atoms with van der Waals surface area (Å²) in [6, 6.07) is 8.26. The van der Waals surface area contributed by atoms with E-state index < -0.39 is 0 Å². The molecular formula is C23H36N4O2. The van der Waals surface area contributed by atoms with Crippen LogP contribution in [0.1, 0.15) is 68.3 Å². The highest BCUT2D eigenvalue weighted by Crippen LogP contribution is 2.30. The maximum atomic E-state index is 12.8. The fourth-order valence-electron chi connectivity index (χ4n) is 4.78. The summed E-state index contributed by atoms with van der Waals surface area (Å²) < 4.78 is 0. The Morgan fingerprint density at radius 3 is 2.55 bits per heavy atom. The van der Waals surface area contributed by atoms with Gasteiger partial charge in [-0.15, -0.1) is 0 Å². The van der Waals surface area contributed by atoms with Crippen LogP contribution in [0.3, 0.4) is 0 Å². The van der Waals surface area contributed by atoms with Gasteiger partial charge in [-0.1, -0.05) is 25.0 Å². The van der Waals surface area contributed by atoms with Crippen molar-refractivity contribution in [3.63, 3.8) is 0 Å². The highest BCUT2D eigenvalue weighted by molar-refractivity contribution is 5.92. The molecule has 0 bridgehead atoms. The lowest BCUT2D eigenvalue weighted by Gasteiger charge is -2.41. The van der Waals surface area contributed by atoms with Gasteiger partial charge in [-0.2, -0.15) is 0 Å². The van der Waals surface area contributed by atoms with E-state index in [0.717, 1.165) is 57.4 Å². The molecule has 3 amide bonds. The minimum absolute atomic E-state index is 0.109. The average molecular weight is 401 g/mol. The molecule has 6 nitrogen and oxygen atoms in total. The van der Waals surface area contributed by atoms with Gasteiger partial charge in [0.15, 0.2) is 0 Å². The van der Waals surface area contributed by atoms with Crippen LogP contribution in [0.25, 0.3) is 0 Å². The molecule has 0 spiro atoms. The molecule has 160 valence electrons. The van der Waals surface area contributed by atoms with Crippen molar-refractivity contribution >= 4 is 11.9 Å². The number of nitrogens with one attached hydrogen (secondary N) is 1. The predicted molar refractivity (Wildman–Crippen MR) is 116 cm³/mol. The fraction of sp³-hybridized carbons (Fsp3) is 0.652. The van der Waals surface area contributed by atoms with Crippen molar-refractivity contribution in [2.24, 2.45) is 11.7 Å². The smallest absolute Gasteiger partial charge is 0.317 e. The highest BCUT2D eigenvalue weighted by Gasteiger charge is 2.34. The van der Waals surface area contributed by atoms with E-state index in [9.17, 15) is 9.59 Å². The first-order chi connectivity index (χ1) is 13.9. The second kappa shape index (κ2) is 10.1. The SMILES string of the molecule is CC(C)NC(=O)N1CCCCC[C@@H]1C1CCN(Cc2cccc(C(N)=O)c2)CC1. The molecule has 1 aromatic carbocycles. The molecule has 2 heterocycles. The highest BCUT2D eigenvalue weighted by atomic mass is 16.2. The number of benzene rings is 1. The molecule has 0 unspecified atom stereocenters. The monoisotopic (exact) mass is 400 g/mol. The maximum absolute atomic E-state index is 12.8. The normalized spacial score (nSPS) is 21.8. The van der Waals surface area contributed by atoms with Crippen molar-refractivity contribution < 1.29 is 9.59 Å². The van der Waals surface area contributed by atoms with Gasteiger partial charge in [0.1, 0.15) is 0 Å². The van der Waals surface area contributed by atoms with E-state index in [2.05, 4.69) is 21.2 Å². The minimum atomic E-state index is -0.376. The van der Waals surface area contributed by atoms with Crippen molar-refractivity contribution in [2.45, 2.75) is 71.0 Å². The van der Waals surface area contributed by atoms with Gasteiger partial charge in [0.2, 0.25) is 5.91 Å². The molecular weight excluding hydrogens is 364 g/mol. The Kier molecular flexibility index (Phi) is 7.53. The Bertz CT molecular complexity index is 698. The second-order valence-electron chi connectivity index (χ2n) is 8.89. The van der Waals surface area contributed by atoms with Gasteiger partial charge in [0, 0.05) is 30.7 Å². The Hall–Kier alpha value is -2.08. The molecule has 2 saturated heterocycles. The third-order valence-electron chi connectivity index (χ3n) is 6.27. The average Bonchev–Trinajstić information content (AvgIpc) is 2.94. The zero-order valence-corrected chi connectivity index (χ0v) is 17.9. The van der Waals surface area contributed by atoms with Crippen molar-refractivity contribution in [2.75, 3.05) is 19.6 Å². The molecule has 2 fully saturated rings. The molecule has 2 aliphatic heterocycles. The van der Waals surface area contributed by atoms with Crippen LogP contribution in [0, 0.1) is 5.92 Å². The summed E-state index contributed by atoms with van der Waals surface area (Å²) in [6.07, 6.45) is 6.90. The van der Waals surface area contributed by atoms with E-state index in [0.29, 0.717) is 17.5 Å². The zero-order valence-electron chi connectivity index (χ0n) is 17.9. The van der Waals surface area contributed by atoms with Crippen molar-refractivity contribution in [3.8, 4) is 0 Å². The number of amides is 3. The summed E-state index contributed by atoms with van der Waals surface area (Å²) in [5, 5.41) is 3.10. The molecule has 0 aliphatic carbocycles. The van der Waals surface area contributed by atoms with Crippen molar-refractivity contribution in [3.05, 3.63) is 35.4 Å². The quantitative estimate of drug-likeness (QED) is 0.795. The lowest BCUT2D eigenvalue weighted by molar-refractivity contribution is 0.0970. The first-order valence-corrected chi connectivity index (χ1v) is 11.1. The topological polar surface area (TPSA) is 78.7 Å². The van der Waals surface area contributed by atoms with Gasteiger partial charge in [-0.05, 0) is 76.2 Å². The molecule has 29 heavy (non-hydrogen) atoms. The van der Waals surface area contributed by atoms with Gasteiger partial charge in [-0.25, -0.2) is 4.79 Å².